The van der Waals surface area contributed by atoms with Crippen molar-refractivity contribution < 1.29 is 51.4 Å². The van der Waals surface area contributed by atoms with Gasteiger partial charge >= 0.3 is 23.5 Å². The monoisotopic (exact) mass is 436 g/mol. The zero-order chi connectivity index (χ0) is 19.9. The maximum Gasteiger partial charge on any atom is 0.536 e. The number of hydrogen-bond donors (Lipinski definition) is 4. The molecule has 0 aliphatic rings. The first-order valence-corrected chi connectivity index (χ1v) is 11.6. The van der Waals surface area contributed by atoms with Crippen LogP contribution in [0.15, 0.2) is 48.5 Å². The molecule has 0 radical (unpaired) electrons. The smallest absolute Gasteiger partial charge is 0.403 e. The Morgan fingerprint density at radius 1 is 0.778 bits per heavy atom. The van der Waals surface area contributed by atoms with E-state index in [0.29, 0.717) is 10.9 Å². The molecule has 27 heavy (non-hydrogen) atoms. The van der Waals surface area contributed by atoms with E-state index in [-0.39, 0.29) is 5.75 Å². The number of aromatic nitrogens is 1. The number of aromatic amines is 1. The van der Waals surface area contributed by atoms with E-state index in [9.17, 15) is 23.5 Å². The van der Waals surface area contributed by atoms with Gasteiger partial charge in [0.05, 0.1) is 5.39 Å². The lowest BCUT2D eigenvalue weighted by Crippen LogP contribution is -2.06. The zero-order valence-corrected chi connectivity index (χ0v) is 15.9. The quantitative estimate of drug-likeness (QED) is 0.332. The lowest BCUT2D eigenvalue weighted by Gasteiger charge is -2.16. The Kier molecular flexibility index (Phi) is 5.26. The minimum absolute atomic E-state index is 0.170. The molecule has 144 valence electrons. The van der Waals surface area contributed by atoms with Crippen LogP contribution in [-0.2, 0) is 22.3 Å². The summed E-state index contributed by atoms with van der Waals surface area (Å²) in [5, 5.41) is 1.12. The molecule has 0 amide bonds. The van der Waals surface area contributed by atoms with Crippen molar-refractivity contribution in [3.05, 3.63) is 48.5 Å². The average Bonchev–Trinajstić information content (AvgIpc) is 2.49. The molecule has 2 unspecified atom stereocenters. The molecule has 1 aromatic heterocycles. The topological polar surface area (TPSA) is 174 Å². The normalized spacial score (nSPS) is 16.7. The highest BCUT2D eigenvalue weighted by Crippen LogP contribution is 2.66. The van der Waals surface area contributed by atoms with Gasteiger partial charge in [-0.3, -0.25) is 4.89 Å². The van der Waals surface area contributed by atoms with E-state index in [1.54, 1.807) is 24.3 Å². The number of fused-ring (bicyclic) bond motifs is 2. The Labute approximate surface area is 151 Å². The minimum atomic E-state index is -5.58. The Morgan fingerprint density at radius 2 is 1.44 bits per heavy atom. The molecule has 0 saturated carbocycles. The van der Waals surface area contributed by atoms with Gasteiger partial charge < -0.3 is 19.2 Å². The second kappa shape index (κ2) is 7.07. The number of H-pyrrole nitrogens is 1. The number of rotatable bonds is 6. The fraction of sp³-hybridized carbons (Fsp3) is 0. The number of hydrogen-bond acceptors (Lipinski definition) is 6. The van der Waals surface area contributed by atoms with Crippen molar-refractivity contribution in [2.24, 2.45) is 0 Å². The van der Waals surface area contributed by atoms with E-state index in [2.05, 4.69) is 13.6 Å². The van der Waals surface area contributed by atoms with E-state index in [1.807, 2.05) is 12.1 Å². The second-order valence-electron chi connectivity index (χ2n) is 5.26. The maximum absolute atomic E-state index is 12.0. The molecule has 1 heterocycles. The summed E-state index contributed by atoms with van der Waals surface area (Å²) in [6.07, 6.45) is 0. The molecule has 11 nitrogen and oxygen atoms in total. The van der Waals surface area contributed by atoms with Crippen LogP contribution in [0.3, 0.4) is 0 Å². The molecule has 0 aliphatic carbocycles. The van der Waals surface area contributed by atoms with Gasteiger partial charge in [0.25, 0.3) is 0 Å². The first kappa shape index (κ1) is 20.1. The van der Waals surface area contributed by atoms with Gasteiger partial charge in [-0.2, -0.15) is 8.62 Å². The predicted molar refractivity (Wildman–Crippen MR) is 92.5 cm³/mol. The number of phosphoric ester groups is 1. The molecule has 0 aliphatic heterocycles. The van der Waals surface area contributed by atoms with Crippen molar-refractivity contribution in [3.8, 4) is 5.75 Å². The molecule has 5 N–H and O–H groups in total. The Morgan fingerprint density at radius 3 is 2.15 bits per heavy atom. The van der Waals surface area contributed by atoms with Crippen molar-refractivity contribution in [1.29, 1.82) is 0 Å². The van der Waals surface area contributed by atoms with Gasteiger partial charge in [0.15, 0.2) is 0 Å². The van der Waals surface area contributed by atoms with Gasteiger partial charge in [0.1, 0.15) is 5.75 Å². The number of phosphoric acid groups is 3. The third kappa shape index (κ3) is 5.21. The van der Waals surface area contributed by atoms with E-state index < -0.39 is 23.5 Å². The number of benzene rings is 2. The fourth-order valence-electron chi connectivity index (χ4n) is 2.34. The number of pyridine rings is 1. The van der Waals surface area contributed by atoms with Gasteiger partial charge in [-0.25, -0.2) is 18.7 Å². The number of para-hydroxylation sites is 1. The lowest BCUT2D eigenvalue weighted by molar-refractivity contribution is -0.310. The van der Waals surface area contributed by atoms with E-state index in [4.69, 9.17) is 14.3 Å². The first-order valence-electron chi connectivity index (χ1n) is 7.11. The molecule has 0 bridgehead atoms. The largest absolute Gasteiger partial charge is 0.536 e. The van der Waals surface area contributed by atoms with Crippen LogP contribution in [0, 0.1) is 0 Å². The van der Waals surface area contributed by atoms with E-state index in [1.165, 1.54) is 12.1 Å². The standard InChI is InChI=1S/C13H12NO10P3/c15-25(16,17)23-27(20,21)24-26(18,19)22-13-7-3-6-12-10(13)8-9-4-1-2-5-11(9)14-12/h1-8H,(H,18,19)(H,20,21)(H2,15,16,17)/p+1. The average molecular weight is 436 g/mol. The molecule has 3 aromatic rings. The molecule has 2 atom stereocenters. The Hall–Kier alpha value is -1.64. The molecule has 0 saturated heterocycles. The Balaban J connectivity index is 1.95. The fourth-order valence-corrected chi connectivity index (χ4v) is 5.39. The molecular formula is C13H13NO10P3+. The minimum Gasteiger partial charge on any atom is -0.403 e. The molecule has 2 aromatic carbocycles. The zero-order valence-electron chi connectivity index (χ0n) is 13.2. The highest BCUT2D eigenvalue weighted by atomic mass is 31.3. The lowest BCUT2D eigenvalue weighted by atomic mass is 10.1. The van der Waals surface area contributed by atoms with Crippen LogP contribution in [0.4, 0.5) is 0 Å². The van der Waals surface area contributed by atoms with E-state index >= 15 is 0 Å². The van der Waals surface area contributed by atoms with Crippen LogP contribution in [0.5, 0.6) is 5.75 Å². The molecule has 14 heteroatoms. The SMILES string of the molecule is O=P(O)(O)OP(=O)(O)OP(=O)(O)Oc1cccc2[nH+]c3ccccc3cc12. The summed E-state index contributed by atoms with van der Waals surface area (Å²) in [5.41, 5.74) is 1.32. The van der Waals surface area contributed by atoms with Crippen LogP contribution in [0.25, 0.3) is 21.8 Å². The van der Waals surface area contributed by atoms with Crippen molar-refractivity contribution in [2.75, 3.05) is 0 Å². The summed E-state index contributed by atoms with van der Waals surface area (Å²) in [7, 11) is -16.3. The van der Waals surface area contributed by atoms with Gasteiger partial charge in [-0.15, -0.1) is 0 Å². The third-order valence-electron chi connectivity index (χ3n) is 3.23. The first-order chi connectivity index (χ1) is 12.4. The Bertz CT molecular complexity index is 1160. The third-order valence-corrected chi connectivity index (χ3v) is 6.98. The molecule has 0 spiro atoms. The highest BCUT2D eigenvalue weighted by Gasteiger charge is 2.41. The van der Waals surface area contributed by atoms with Crippen LogP contribution < -0.4 is 9.51 Å². The predicted octanol–water partition coefficient (Wildman–Crippen LogP) is 2.51. The summed E-state index contributed by atoms with van der Waals surface area (Å²) in [4.78, 5) is 39.1. The van der Waals surface area contributed by atoms with Gasteiger partial charge in [-0.05, 0) is 18.2 Å². The molecular weight excluding hydrogens is 423 g/mol. The van der Waals surface area contributed by atoms with Gasteiger partial charge in [-0.1, -0.05) is 18.2 Å². The van der Waals surface area contributed by atoms with Crippen LogP contribution in [0.1, 0.15) is 0 Å². The van der Waals surface area contributed by atoms with Crippen molar-refractivity contribution >= 4 is 45.3 Å². The van der Waals surface area contributed by atoms with Crippen LogP contribution in [-0.4, -0.2) is 19.6 Å². The van der Waals surface area contributed by atoms with E-state index in [0.717, 1.165) is 10.9 Å². The maximum atomic E-state index is 12.0. The van der Waals surface area contributed by atoms with Gasteiger partial charge in [0, 0.05) is 17.5 Å². The molecule has 3 rings (SSSR count). The highest BCUT2D eigenvalue weighted by molar-refractivity contribution is 7.66. The summed E-state index contributed by atoms with van der Waals surface area (Å²) >= 11 is 0. The summed E-state index contributed by atoms with van der Waals surface area (Å²) in [6, 6.07) is 13.3. The summed E-state index contributed by atoms with van der Waals surface area (Å²) in [6.45, 7) is 0. The van der Waals surface area contributed by atoms with Crippen molar-refractivity contribution in [2.45, 2.75) is 0 Å². The second-order valence-corrected chi connectivity index (χ2v) is 9.60. The number of nitrogens with one attached hydrogen (secondary N) is 1. The van der Waals surface area contributed by atoms with Crippen molar-refractivity contribution in [1.82, 2.24) is 0 Å². The van der Waals surface area contributed by atoms with Crippen molar-refractivity contribution in [3.63, 3.8) is 0 Å². The van der Waals surface area contributed by atoms with Crippen LogP contribution in [0.2, 0.25) is 0 Å². The molecule has 0 fully saturated rings. The summed E-state index contributed by atoms with van der Waals surface area (Å²) < 4.78 is 46.4. The summed E-state index contributed by atoms with van der Waals surface area (Å²) in [5.74, 6) is -0.170. The van der Waals surface area contributed by atoms with Gasteiger partial charge in [0.2, 0.25) is 11.0 Å². The van der Waals surface area contributed by atoms with Crippen LogP contribution >= 0.6 is 23.5 Å².